The van der Waals surface area contributed by atoms with E-state index >= 15 is 0 Å². The summed E-state index contributed by atoms with van der Waals surface area (Å²) in [6, 6.07) is 22.3. The Morgan fingerprint density at radius 3 is 2.34 bits per heavy atom. The molecule has 0 amide bonds. The lowest BCUT2D eigenvalue weighted by molar-refractivity contribution is 0.0734. The lowest BCUT2D eigenvalue weighted by atomic mass is 10.2. The van der Waals surface area contributed by atoms with Crippen LogP contribution in [0.2, 0.25) is 0 Å². The minimum absolute atomic E-state index is 0.392. The lowest BCUT2D eigenvalue weighted by Gasteiger charge is -2.08. The number of carbonyl (C=O) groups is 1. The molecule has 0 radical (unpaired) electrons. The summed E-state index contributed by atoms with van der Waals surface area (Å²) in [5, 5.41) is 0. The number of hydrogen-bond acceptors (Lipinski definition) is 4. The predicted molar refractivity (Wildman–Crippen MR) is 139 cm³/mol. The fourth-order valence-electron chi connectivity index (χ4n) is 3.08. The van der Waals surface area contributed by atoms with E-state index in [1.54, 1.807) is 30.5 Å². The van der Waals surface area contributed by atoms with Crippen molar-refractivity contribution < 1.29 is 14.3 Å². The van der Waals surface area contributed by atoms with Gasteiger partial charge >= 0.3 is 5.97 Å². The van der Waals surface area contributed by atoms with E-state index in [4.69, 9.17) is 9.47 Å². The van der Waals surface area contributed by atoms with Gasteiger partial charge in [0.1, 0.15) is 11.5 Å². The van der Waals surface area contributed by atoms with E-state index in [2.05, 4.69) is 34.5 Å². The zero-order chi connectivity index (χ0) is 22.6. The fourth-order valence-corrected chi connectivity index (χ4v) is 3.60. The first-order chi connectivity index (χ1) is 15.6. The van der Waals surface area contributed by atoms with Gasteiger partial charge in [-0.3, -0.25) is 4.99 Å². The highest BCUT2D eigenvalue weighted by molar-refractivity contribution is 14.1. The van der Waals surface area contributed by atoms with Crippen molar-refractivity contribution in [2.45, 2.75) is 39.0 Å². The molecule has 0 N–H and O–H groups in total. The minimum Gasteiger partial charge on any atom is -0.494 e. The van der Waals surface area contributed by atoms with Crippen molar-refractivity contribution in [2.24, 2.45) is 4.99 Å². The molecule has 0 spiro atoms. The molecule has 0 bridgehead atoms. The average molecular weight is 541 g/mol. The van der Waals surface area contributed by atoms with Crippen LogP contribution in [0.1, 0.15) is 54.9 Å². The summed E-state index contributed by atoms with van der Waals surface area (Å²) in [6.07, 6.45) is 7.80. The smallest absolute Gasteiger partial charge is 0.343 e. The van der Waals surface area contributed by atoms with Crippen LogP contribution in [0.25, 0.3) is 0 Å². The zero-order valence-electron chi connectivity index (χ0n) is 18.3. The Bertz CT molecular complexity index is 1010. The molecule has 5 heteroatoms. The van der Waals surface area contributed by atoms with E-state index in [9.17, 15) is 4.79 Å². The van der Waals surface area contributed by atoms with Crippen LogP contribution in [-0.4, -0.2) is 18.8 Å². The molecule has 0 fully saturated rings. The quantitative estimate of drug-likeness (QED) is 0.0826. The van der Waals surface area contributed by atoms with Crippen LogP contribution in [0, 0.1) is 3.57 Å². The summed E-state index contributed by atoms with van der Waals surface area (Å²) in [7, 11) is 0. The van der Waals surface area contributed by atoms with Gasteiger partial charge in [0.2, 0.25) is 0 Å². The Morgan fingerprint density at radius 2 is 1.62 bits per heavy atom. The molecule has 4 nitrogen and oxygen atoms in total. The van der Waals surface area contributed by atoms with E-state index in [0.29, 0.717) is 17.9 Å². The van der Waals surface area contributed by atoms with E-state index in [1.165, 1.54) is 25.7 Å². The molecule has 3 aromatic carbocycles. The highest BCUT2D eigenvalue weighted by atomic mass is 127. The third-order valence-electron chi connectivity index (χ3n) is 4.87. The molecule has 3 rings (SSSR count). The van der Waals surface area contributed by atoms with E-state index in [0.717, 1.165) is 27.0 Å². The molecule has 32 heavy (non-hydrogen) atoms. The maximum atomic E-state index is 12.4. The second-order valence-corrected chi connectivity index (χ2v) is 8.73. The van der Waals surface area contributed by atoms with Crippen LogP contribution in [0.3, 0.4) is 0 Å². The summed E-state index contributed by atoms with van der Waals surface area (Å²) in [6.45, 7) is 2.91. The Balaban J connectivity index is 1.47. The number of carbonyl (C=O) groups excluding carboxylic acids is 1. The predicted octanol–water partition coefficient (Wildman–Crippen LogP) is 7.61. The van der Waals surface area contributed by atoms with Gasteiger partial charge in [-0.25, -0.2) is 4.79 Å². The van der Waals surface area contributed by atoms with Crippen LogP contribution < -0.4 is 9.47 Å². The average Bonchev–Trinajstić information content (AvgIpc) is 2.81. The van der Waals surface area contributed by atoms with Gasteiger partial charge in [0.05, 0.1) is 17.9 Å². The maximum absolute atomic E-state index is 12.4. The minimum atomic E-state index is -0.392. The van der Waals surface area contributed by atoms with Crippen molar-refractivity contribution in [3.05, 3.63) is 87.5 Å². The number of benzene rings is 3. The zero-order valence-corrected chi connectivity index (χ0v) is 20.5. The molecule has 0 aliphatic heterocycles. The second-order valence-electron chi connectivity index (χ2n) is 7.48. The van der Waals surface area contributed by atoms with Crippen molar-refractivity contribution >= 4 is 40.5 Å². The Morgan fingerprint density at radius 1 is 0.906 bits per heavy atom. The SMILES string of the molecule is CCCCCCCOc1ccc(C(=O)Oc2ccc(C=Nc3cccc(I)c3)cc2)cc1. The highest BCUT2D eigenvalue weighted by Gasteiger charge is 2.09. The van der Waals surface area contributed by atoms with Gasteiger partial charge in [-0.2, -0.15) is 0 Å². The monoisotopic (exact) mass is 541 g/mol. The normalized spacial score (nSPS) is 10.9. The largest absolute Gasteiger partial charge is 0.494 e. The van der Waals surface area contributed by atoms with Gasteiger partial charge in [-0.15, -0.1) is 0 Å². The van der Waals surface area contributed by atoms with Crippen LogP contribution in [0.5, 0.6) is 11.5 Å². The van der Waals surface area contributed by atoms with Crippen molar-refractivity contribution in [2.75, 3.05) is 6.61 Å². The van der Waals surface area contributed by atoms with E-state index in [1.807, 2.05) is 48.5 Å². The van der Waals surface area contributed by atoms with Crippen LogP contribution in [0.4, 0.5) is 5.69 Å². The number of rotatable bonds is 11. The number of hydrogen-bond donors (Lipinski definition) is 0. The molecule has 0 heterocycles. The molecule has 0 aromatic heterocycles. The first-order valence-electron chi connectivity index (χ1n) is 11.0. The molecule has 166 valence electrons. The second kappa shape index (κ2) is 13.0. The molecule has 0 aliphatic carbocycles. The first-order valence-corrected chi connectivity index (χ1v) is 12.1. The summed E-state index contributed by atoms with van der Waals surface area (Å²) in [5.74, 6) is 0.874. The maximum Gasteiger partial charge on any atom is 0.343 e. The molecule has 0 saturated heterocycles. The van der Waals surface area contributed by atoms with E-state index < -0.39 is 5.97 Å². The third-order valence-corrected chi connectivity index (χ3v) is 5.54. The van der Waals surface area contributed by atoms with Gasteiger partial charge in [-0.1, -0.05) is 38.7 Å². The van der Waals surface area contributed by atoms with Gasteiger partial charge in [0, 0.05) is 9.78 Å². The van der Waals surface area contributed by atoms with E-state index in [-0.39, 0.29) is 0 Å². The van der Waals surface area contributed by atoms with Crippen LogP contribution >= 0.6 is 22.6 Å². The van der Waals surface area contributed by atoms with Gasteiger partial charge in [0.15, 0.2) is 0 Å². The third kappa shape index (κ3) is 8.11. The lowest BCUT2D eigenvalue weighted by Crippen LogP contribution is -2.08. The molecule has 0 unspecified atom stereocenters. The van der Waals surface area contributed by atoms with Crippen LogP contribution in [0.15, 0.2) is 77.8 Å². The summed E-state index contributed by atoms with van der Waals surface area (Å²) < 4.78 is 12.4. The Hall–Kier alpha value is -2.67. The molecule has 3 aromatic rings. The number of halogens is 1. The molecule has 0 atom stereocenters. The molecule has 0 saturated carbocycles. The highest BCUT2D eigenvalue weighted by Crippen LogP contribution is 2.18. The van der Waals surface area contributed by atoms with Crippen molar-refractivity contribution in [3.8, 4) is 11.5 Å². The summed E-state index contributed by atoms with van der Waals surface area (Å²) in [4.78, 5) is 16.9. The Kier molecular flexibility index (Phi) is 9.75. The number of ether oxygens (including phenoxy) is 2. The van der Waals surface area contributed by atoms with Gasteiger partial charge in [-0.05, 0) is 101 Å². The molecule has 0 aliphatic rings. The van der Waals surface area contributed by atoms with Crippen molar-refractivity contribution in [1.82, 2.24) is 0 Å². The van der Waals surface area contributed by atoms with Crippen molar-refractivity contribution in [1.29, 1.82) is 0 Å². The standard InChI is InChI=1S/C27H28INO3/c1-2-3-4-5-6-18-31-25-16-12-22(13-17-25)27(30)32-26-14-10-21(11-15-26)20-29-24-9-7-8-23(28)19-24/h7-17,19-20H,2-6,18H2,1H3. The number of aliphatic imine (C=N–C) groups is 1. The summed E-state index contributed by atoms with van der Waals surface area (Å²) in [5.41, 5.74) is 2.32. The Labute approximate surface area is 203 Å². The van der Waals surface area contributed by atoms with Gasteiger partial charge < -0.3 is 9.47 Å². The molecular formula is C27H28INO3. The van der Waals surface area contributed by atoms with Gasteiger partial charge in [0.25, 0.3) is 0 Å². The van der Waals surface area contributed by atoms with Crippen molar-refractivity contribution in [3.63, 3.8) is 0 Å². The number of nitrogens with zero attached hydrogens (tertiary/aromatic N) is 1. The number of esters is 1. The summed E-state index contributed by atoms with van der Waals surface area (Å²) >= 11 is 2.26. The molecular weight excluding hydrogens is 513 g/mol. The van der Waals surface area contributed by atoms with Crippen LogP contribution in [-0.2, 0) is 0 Å². The number of unbranched alkanes of at least 4 members (excludes halogenated alkanes) is 4. The first kappa shape index (κ1) is 24.0. The topological polar surface area (TPSA) is 47.9 Å². The fraction of sp³-hybridized carbons (Fsp3) is 0.259.